The molecule has 0 spiro atoms. The van der Waals surface area contributed by atoms with Gasteiger partial charge in [0.05, 0.1) is 0 Å². The van der Waals surface area contributed by atoms with Crippen molar-refractivity contribution in [1.82, 2.24) is 0 Å². The third-order valence-corrected chi connectivity index (χ3v) is 13.6. The molecule has 1 aromatic heterocycles. The summed E-state index contributed by atoms with van der Waals surface area (Å²) in [5.74, 6) is 0. The van der Waals surface area contributed by atoms with Crippen molar-refractivity contribution in [1.29, 1.82) is 0 Å². The highest BCUT2D eigenvalue weighted by Crippen LogP contribution is 2.44. The third kappa shape index (κ3) is 6.74. The van der Waals surface area contributed by atoms with Gasteiger partial charge in [-0.3, -0.25) is 0 Å². The Bertz CT molecular complexity index is 3560. The number of hydrogen-bond donors (Lipinski definition) is 0. The summed E-state index contributed by atoms with van der Waals surface area (Å²) < 4.78 is 2.63. The van der Waals surface area contributed by atoms with Gasteiger partial charge in [0.2, 0.25) is 0 Å². The molecule has 1 heterocycles. The lowest BCUT2D eigenvalue weighted by Gasteiger charge is -2.15. The highest BCUT2D eigenvalue weighted by atomic mass is 32.1. The molecular formula is C61H42S. The number of fused-ring (bicyclic) bond motifs is 9. The van der Waals surface area contributed by atoms with Gasteiger partial charge < -0.3 is 0 Å². The van der Waals surface area contributed by atoms with Crippen LogP contribution in [-0.2, 0) is 0 Å². The zero-order valence-corrected chi connectivity index (χ0v) is 35.3. The van der Waals surface area contributed by atoms with Crippen molar-refractivity contribution in [3.05, 3.63) is 237 Å². The van der Waals surface area contributed by atoms with E-state index in [1.165, 1.54) is 119 Å². The first kappa shape index (κ1) is 37.4. The molecule has 0 unspecified atom stereocenters. The Kier molecular flexibility index (Phi) is 9.53. The van der Waals surface area contributed by atoms with Gasteiger partial charge in [0.25, 0.3) is 0 Å². The normalized spacial score (nSPS) is 12.0. The van der Waals surface area contributed by atoms with Crippen LogP contribution in [0.3, 0.4) is 0 Å². The Balaban J connectivity index is 1.12. The minimum atomic E-state index is 1.18. The molecule has 0 bridgehead atoms. The smallest absolute Gasteiger partial charge is 0.0433 e. The SMILES string of the molecule is C=C/C=C\C=C(/C)c1cc(-c2ccccc2)cc(-c2cccc(-c3cc(-c4ccc5c6ccccc6c6ccccc6c5c4)cc(-c4cccc5c4sc4ccccc45)c3)c2)c1. The van der Waals surface area contributed by atoms with E-state index in [1.807, 2.05) is 23.5 Å². The van der Waals surface area contributed by atoms with Gasteiger partial charge in [0.1, 0.15) is 0 Å². The number of hydrogen-bond acceptors (Lipinski definition) is 1. The fourth-order valence-electron chi connectivity index (χ4n) is 9.25. The van der Waals surface area contributed by atoms with Gasteiger partial charge in [-0.2, -0.15) is 0 Å². The van der Waals surface area contributed by atoms with Gasteiger partial charge in [0.15, 0.2) is 0 Å². The van der Waals surface area contributed by atoms with E-state index in [9.17, 15) is 0 Å². The summed E-state index contributed by atoms with van der Waals surface area (Å²) >= 11 is 1.89. The van der Waals surface area contributed by atoms with Gasteiger partial charge >= 0.3 is 0 Å². The summed E-state index contributed by atoms with van der Waals surface area (Å²) in [4.78, 5) is 0. The Labute approximate surface area is 366 Å². The highest BCUT2D eigenvalue weighted by molar-refractivity contribution is 7.26. The van der Waals surface area contributed by atoms with E-state index in [0.29, 0.717) is 0 Å². The number of rotatable bonds is 8. The minimum absolute atomic E-state index is 1.18. The van der Waals surface area contributed by atoms with Crippen LogP contribution >= 0.6 is 11.3 Å². The van der Waals surface area contributed by atoms with Gasteiger partial charge in [-0.05, 0) is 161 Å². The summed E-state index contributed by atoms with van der Waals surface area (Å²) in [6.07, 6.45) is 8.00. The molecule has 0 aliphatic carbocycles. The first-order valence-corrected chi connectivity index (χ1v) is 22.1. The van der Waals surface area contributed by atoms with Gasteiger partial charge in [-0.15, -0.1) is 11.3 Å². The predicted molar refractivity (Wildman–Crippen MR) is 272 cm³/mol. The molecule has 0 N–H and O–H groups in total. The highest BCUT2D eigenvalue weighted by Gasteiger charge is 2.16. The van der Waals surface area contributed by atoms with Crippen LogP contribution in [0.1, 0.15) is 12.5 Å². The predicted octanol–water partition coefficient (Wildman–Crippen LogP) is 18.0. The average Bonchev–Trinajstić information content (AvgIpc) is 3.73. The number of thiophene rings is 1. The molecule has 0 amide bonds. The molecule has 0 saturated heterocycles. The molecule has 0 atom stereocenters. The van der Waals surface area contributed by atoms with Gasteiger partial charge in [0, 0.05) is 20.2 Å². The lowest BCUT2D eigenvalue weighted by molar-refractivity contribution is 1.52. The summed E-state index contributed by atoms with van der Waals surface area (Å²) in [7, 11) is 0. The van der Waals surface area contributed by atoms with Crippen LogP contribution in [0.25, 0.3) is 114 Å². The second-order valence-electron chi connectivity index (χ2n) is 16.1. The van der Waals surface area contributed by atoms with Crippen LogP contribution in [0, 0.1) is 0 Å². The Morgan fingerprint density at radius 2 is 0.855 bits per heavy atom. The molecule has 62 heavy (non-hydrogen) atoms. The van der Waals surface area contributed by atoms with Gasteiger partial charge in [-0.1, -0.05) is 176 Å². The Morgan fingerprint density at radius 3 is 1.53 bits per heavy atom. The van der Waals surface area contributed by atoms with Crippen LogP contribution in [0.15, 0.2) is 231 Å². The van der Waals surface area contributed by atoms with Crippen molar-refractivity contribution in [3.63, 3.8) is 0 Å². The molecule has 0 aliphatic heterocycles. The van der Waals surface area contributed by atoms with Crippen molar-refractivity contribution in [2.45, 2.75) is 6.92 Å². The number of benzene rings is 10. The van der Waals surface area contributed by atoms with Crippen LogP contribution in [0.4, 0.5) is 0 Å². The molecule has 1 heteroatoms. The van der Waals surface area contributed by atoms with Gasteiger partial charge in [-0.25, -0.2) is 0 Å². The van der Waals surface area contributed by atoms with E-state index >= 15 is 0 Å². The summed E-state index contributed by atoms with van der Waals surface area (Å²) in [6.45, 7) is 6.04. The topological polar surface area (TPSA) is 0 Å². The molecule has 10 aromatic carbocycles. The molecule has 11 aromatic rings. The summed E-state index contributed by atoms with van der Waals surface area (Å²) in [5.41, 5.74) is 14.4. The van der Waals surface area contributed by atoms with E-state index < -0.39 is 0 Å². The van der Waals surface area contributed by atoms with Crippen LogP contribution in [0.5, 0.6) is 0 Å². The fourth-order valence-corrected chi connectivity index (χ4v) is 10.5. The maximum Gasteiger partial charge on any atom is 0.0433 e. The Hall–Kier alpha value is -7.58. The lowest BCUT2D eigenvalue weighted by atomic mass is 9.89. The number of allylic oxidation sites excluding steroid dienone is 5. The molecule has 0 nitrogen and oxygen atoms in total. The maximum absolute atomic E-state index is 3.86. The van der Waals surface area contributed by atoms with E-state index in [2.05, 4.69) is 226 Å². The van der Waals surface area contributed by atoms with E-state index in [-0.39, 0.29) is 0 Å². The standard InChI is InChI=1S/C61H42S/c1-3-4-6-17-40(2)45-33-46(41-18-7-5-8-19-41)35-47(34-45)42-20-15-21-43(32-42)48-36-49(38-50(37-48)51-27-16-28-58-57-26-13-14-29-60(57)62-61(51)58)44-30-31-56-54-24-10-9-22-52(54)53-23-11-12-25-55(53)59(56)39-44/h3-39H,1H2,2H3/b6-4-,40-17+. The average molecular weight is 807 g/mol. The van der Waals surface area contributed by atoms with Crippen LogP contribution < -0.4 is 0 Å². The molecule has 11 rings (SSSR count). The summed E-state index contributed by atoms with van der Waals surface area (Å²) in [5, 5.41) is 10.3. The molecule has 0 fully saturated rings. The van der Waals surface area contributed by atoms with Crippen molar-refractivity contribution in [2.75, 3.05) is 0 Å². The molecule has 0 saturated carbocycles. The first-order valence-electron chi connectivity index (χ1n) is 21.3. The van der Waals surface area contributed by atoms with Crippen LogP contribution in [0.2, 0.25) is 0 Å². The first-order chi connectivity index (χ1) is 30.6. The minimum Gasteiger partial charge on any atom is -0.135 e. The zero-order chi connectivity index (χ0) is 41.6. The fraction of sp³-hybridized carbons (Fsp3) is 0.0164. The van der Waals surface area contributed by atoms with E-state index in [0.717, 1.165) is 0 Å². The Morgan fingerprint density at radius 1 is 0.371 bits per heavy atom. The monoisotopic (exact) mass is 806 g/mol. The lowest BCUT2D eigenvalue weighted by Crippen LogP contribution is -1.90. The quantitative estimate of drug-likeness (QED) is 0.106. The molecule has 292 valence electrons. The van der Waals surface area contributed by atoms with Crippen molar-refractivity contribution < 1.29 is 0 Å². The zero-order valence-electron chi connectivity index (χ0n) is 34.5. The second kappa shape index (κ2) is 15.8. The second-order valence-corrected chi connectivity index (χ2v) is 17.2. The third-order valence-electron chi connectivity index (χ3n) is 12.3. The van der Waals surface area contributed by atoms with Crippen molar-refractivity contribution in [2.24, 2.45) is 0 Å². The van der Waals surface area contributed by atoms with E-state index in [1.54, 1.807) is 0 Å². The van der Waals surface area contributed by atoms with Crippen molar-refractivity contribution in [3.8, 4) is 55.6 Å². The molecular weight excluding hydrogens is 765 g/mol. The molecule has 0 radical (unpaired) electrons. The molecule has 0 aliphatic rings. The van der Waals surface area contributed by atoms with Crippen LogP contribution in [-0.4, -0.2) is 0 Å². The summed E-state index contributed by atoms with van der Waals surface area (Å²) in [6, 6.07) is 74.2. The van der Waals surface area contributed by atoms with E-state index in [4.69, 9.17) is 0 Å². The van der Waals surface area contributed by atoms with Crippen molar-refractivity contribution >= 4 is 69.4 Å². The largest absolute Gasteiger partial charge is 0.135 e. The maximum atomic E-state index is 3.86.